The molecule has 0 spiro atoms. The largest absolute Gasteiger partial charge is 0.374 e. The average Bonchev–Trinajstić information content (AvgIpc) is 2.69. The molecule has 3 heterocycles. The Hall–Kier alpha value is -2.23. The fourth-order valence-corrected chi connectivity index (χ4v) is 2.61. The third-order valence-corrected chi connectivity index (χ3v) is 3.75. The molecule has 0 aliphatic heterocycles. The molecule has 0 atom stereocenters. The summed E-state index contributed by atoms with van der Waals surface area (Å²) in [5, 5.41) is 0. The maximum absolute atomic E-state index is 4.39. The van der Waals surface area contributed by atoms with Crippen molar-refractivity contribution in [2.45, 2.75) is 0 Å². The molecule has 4 aromatic rings. The van der Waals surface area contributed by atoms with Crippen LogP contribution in [0.4, 0.5) is 0 Å². The number of hydrogen-bond donors (Lipinski definition) is 0. The van der Waals surface area contributed by atoms with Gasteiger partial charge in [-0.25, -0.2) is 11.6 Å². The Bertz CT molecular complexity index is 957. The summed E-state index contributed by atoms with van der Waals surface area (Å²) in [7, 11) is 0. The zero-order valence-corrected chi connectivity index (χ0v) is 16.3. The van der Waals surface area contributed by atoms with E-state index in [1.54, 1.807) is 18.6 Å². The van der Waals surface area contributed by atoms with Crippen LogP contribution in [-0.4, -0.2) is 15.0 Å². The van der Waals surface area contributed by atoms with Crippen molar-refractivity contribution in [3.8, 4) is 33.6 Å². The van der Waals surface area contributed by atoms with E-state index in [0.29, 0.717) is 0 Å². The van der Waals surface area contributed by atoms with Gasteiger partial charge in [-0.3, -0.25) is 15.5 Å². The zero-order valence-electron chi connectivity index (χ0n) is 13.4. The van der Waals surface area contributed by atoms with Gasteiger partial charge in [-0.05, 0) is 18.3 Å². The van der Waals surface area contributed by atoms with Gasteiger partial charge in [-0.1, -0.05) is 48.2 Å². The van der Waals surface area contributed by atoms with E-state index >= 15 is 0 Å². The van der Waals surface area contributed by atoms with Gasteiger partial charge in [-0.15, -0.1) is 12.3 Å². The molecule has 4 rings (SSSR count). The fraction of sp³-hybridized carbons (Fsp3) is 0. The quantitative estimate of drug-likeness (QED) is 0.480. The van der Waals surface area contributed by atoms with E-state index in [2.05, 4.69) is 39.3 Å². The van der Waals surface area contributed by atoms with E-state index in [1.807, 2.05) is 48.5 Å². The first kappa shape index (κ1) is 17.6. The summed E-state index contributed by atoms with van der Waals surface area (Å²) in [6, 6.07) is 23.2. The van der Waals surface area contributed by atoms with Crippen LogP contribution in [0, 0.1) is 12.3 Å². The third-order valence-electron chi connectivity index (χ3n) is 3.75. The Balaban J connectivity index is 0.00000182. The molecular formula is C21H13N3Y-2. The number of benzene rings is 1. The Morgan fingerprint density at radius 2 is 1.60 bits per heavy atom. The maximum atomic E-state index is 4.39. The van der Waals surface area contributed by atoms with Crippen LogP contribution in [0.15, 0.2) is 79.3 Å². The van der Waals surface area contributed by atoms with Crippen molar-refractivity contribution in [3.05, 3.63) is 91.5 Å². The third kappa shape index (κ3) is 3.89. The normalized spacial score (nSPS) is 10.1. The Labute approximate surface area is 172 Å². The molecular weight excluding hydrogens is 383 g/mol. The van der Waals surface area contributed by atoms with Crippen molar-refractivity contribution < 1.29 is 32.7 Å². The second-order valence-corrected chi connectivity index (χ2v) is 5.27. The van der Waals surface area contributed by atoms with E-state index in [0.717, 1.165) is 33.6 Å². The van der Waals surface area contributed by atoms with E-state index < -0.39 is 0 Å². The van der Waals surface area contributed by atoms with Crippen LogP contribution < -0.4 is 0 Å². The molecule has 1 radical (unpaired) electrons. The van der Waals surface area contributed by atoms with E-state index in [1.165, 1.54) is 0 Å². The fourth-order valence-electron chi connectivity index (χ4n) is 2.61. The summed E-state index contributed by atoms with van der Waals surface area (Å²) in [5.41, 5.74) is 5.63. The van der Waals surface area contributed by atoms with Crippen LogP contribution in [-0.2, 0) is 32.7 Å². The molecule has 117 valence electrons. The molecule has 0 fully saturated rings. The molecule has 1 aromatic carbocycles. The first-order valence-electron chi connectivity index (χ1n) is 7.63. The van der Waals surface area contributed by atoms with Crippen molar-refractivity contribution in [2.75, 3.05) is 0 Å². The van der Waals surface area contributed by atoms with E-state index in [4.69, 9.17) is 0 Å². The van der Waals surface area contributed by atoms with Crippen LogP contribution in [0.25, 0.3) is 33.6 Å². The molecule has 0 bridgehead atoms. The van der Waals surface area contributed by atoms with Crippen LogP contribution in [0.3, 0.4) is 0 Å². The van der Waals surface area contributed by atoms with Gasteiger partial charge in [0.15, 0.2) is 0 Å². The standard InChI is InChI=1S/C21H13N3.Y/c1-2-6-16(7-3-1)18-10-12-22-15-19(18)17-9-13-24-21(14-17)20-8-4-5-11-23-20;/h1-8,10-14H;/q-2;. The number of aromatic nitrogens is 3. The molecule has 25 heavy (non-hydrogen) atoms. The molecule has 0 N–H and O–H groups in total. The molecule has 0 saturated carbocycles. The van der Waals surface area contributed by atoms with Crippen molar-refractivity contribution in [1.29, 1.82) is 0 Å². The summed E-state index contributed by atoms with van der Waals surface area (Å²) >= 11 is 0. The first-order valence-corrected chi connectivity index (χ1v) is 7.63. The molecule has 0 amide bonds. The Kier molecular flexibility index (Phi) is 5.80. The second-order valence-electron chi connectivity index (χ2n) is 5.27. The zero-order chi connectivity index (χ0) is 16.2. The van der Waals surface area contributed by atoms with Gasteiger partial charge in [0, 0.05) is 44.6 Å². The minimum absolute atomic E-state index is 0. The summed E-state index contributed by atoms with van der Waals surface area (Å²) in [4.78, 5) is 12.9. The molecule has 3 aromatic heterocycles. The van der Waals surface area contributed by atoms with Crippen LogP contribution in [0.2, 0.25) is 0 Å². The summed E-state index contributed by atoms with van der Waals surface area (Å²) in [6.07, 6.45) is 8.30. The predicted molar refractivity (Wildman–Crippen MR) is 93.8 cm³/mol. The van der Waals surface area contributed by atoms with E-state index in [-0.39, 0.29) is 32.7 Å². The van der Waals surface area contributed by atoms with Crippen LogP contribution >= 0.6 is 0 Å². The van der Waals surface area contributed by atoms with Crippen molar-refractivity contribution in [1.82, 2.24) is 15.0 Å². The van der Waals surface area contributed by atoms with Crippen molar-refractivity contribution >= 4 is 0 Å². The number of nitrogens with zero attached hydrogens (tertiary/aromatic N) is 3. The monoisotopic (exact) mass is 396 g/mol. The van der Waals surface area contributed by atoms with Gasteiger partial charge in [-0.2, -0.15) is 11.6 Å². The minimum atomic E-state index is 0. The molecule has 3 nitrogen and oxygen atoms in total. The summed E-state index contributed by atoms with van der Waals surface area (Å²) in [6.45, 7) is 0. The van der Waals surface area contributed by atoms with Gasteiger partial charge >= 0.3 is 0 Å². The second kappa shape index (κ2) is 8.24. The predicted octanol–water partition coefficient (Wildman–Crippen LogP) is 4.47. The van der Waals surface area contributed by atoms with E-state index in [9.17, 15) is 0 Å². The van der Waals surface area contributed by atoms with Crippen LogP contribution in [0.5, 0.6) is 0 Å². The topological polar surface area (TPSA) is 38.7 Å². The Morgan fingerprint density at radius 3 is 2.40 bits per heavy atom. The molecule has 0 saturated heterocycles. The smallest absolute Gasteiger partial charge is 0.0753 e. The van der Waals surface area contributed by atoms with Gasteiger partial charge in [0.05, 0.1) is 5.69 Å². The molecule has 4 heteroatoms. The van der Waals surface area contributed by atoms with Gasteiger partial charge in [0.1, 0.15) is 0 Å². The summed E-state index contributed by atoms with van der Waals surface area (Å²) in [5.74, 6) is 0. The average molecular weight is 396 g/mol. The number of pyridine rings is 3. The van der Waals surface area contributed by atoms with Gasteiger partial charge in [0.2, 0.25) is 0 Å². The molecule has 0 aliphatic rings. The minimum Gasteiger partial charge on any atom is -0.374 e. The number of rotatable bonds is 3. The SMILES string of the molecule is [Y].[c-]1cnc(-c2ccccn2)cc1-c1[c-]nccc1-c1ccccc1. The Morgan fingerprint density at radius 1 is 0.760 bits per heavy atom. The maximum Gasteiger partial charge on any atom is 0.0753 e. The van der Waals surface area contributed by atoms with Crippen molar-refractivity contribution in [2.24, 2.45) is 0 Å². The first-order chi connectivity index (χ1) is 11.9. The van der Waals surface area contributed by atoms with Crippen LogP contribution in [0.1, 0.15) is 0 Å². The van der Waals surface area contributed by atoms with Gasteiger partial charge < -0.3 is 4.98 Å². The molecule has 0 aliphatic carbocycles. The molecule has 0 unspecified atom stereocenters. The number of hydrogen-bond acceptors (Lipinski definition) is 3. The van der Waals surface area contributed by atoms with Crippen molar-refractivity contribution in [3.63, 3.8) is 0 Å². The summed E-state index contributed by atoms with van der Waals surface area (Å²) < 4.78 is 0. The van der Waals surface area contributed by atoms with Gasteiger partial charge in [0.25, 0.3) is 0 Å².